The lowest BCUT2D eigenvalue weighted by Crippen LogP contribution is -2.43. The number of ether oxygens (including phenoxy) is 1. The first kappa shape index (κ1) is 21.8. The summed E-state index contributed by atoms with van der Waals surface area (Å²) in [5.41, 5.74) is 0.613. The van der Waals surface area contributed by atoms with Gasteiger partial charge in [-0.15, -0.1) is 0 Å². The zero-order valence-corrected chi connectivity index (χ0v) is 18.7. The van der Waals surface area contributed by atoms with Crippen LogP contribution in [0.25, 0.3) is 0 Å². The van der Waals surface area contributed by atoms with Gasteiger partial charge in [-0.2, -0.15) is 11.8 Å². The van der Waals surface area contributed by atoms with Crippen molar-refractivity contribution in [3.8, 4) is 5.75 Å². The van der Waals surface area contributed by atoms with Crippen LogP contribution in [0.4, 0.5) is 0 Å². The number of rotatable bonds is 8. The van der Waals surface area contributed by atoms with E-state index in [2.05, 4.69) is 23.4 Å². The number of nitrogens with one attached hydrogen (secondary N) is 1. The van der Waals surface area contributed by atoms with E-state index >= 15 is 0 Å². The number of thioether (sulfide) groups is 1. The highest BCUT2D eigenvalue weighted by molar-refractivity contribution is 7.98. The molecule has 1 unspecified atom stereocenters. The molecule has 28 heavy (non-hydrogen) atoms. The van der Waals surface area contributed by atoms with E-state index in [1.54, 1.807) is 6.07 Å². The summed E-state index contributed by atoms with van der Waals surface area (Å²) in [6, 6.07) is 6.35. The second-order valence-electron chi connectivity index (χ2n) is 8.08. The van der Waals surface area contributed by atoms with E-state index in [4.69, 9.17) is 16.3 Å². The standard InChI is InChI=1S/C22H33ClN2O2S/c1-16(11-14-28-2)25-12-9-19(10-13-25)27-21-8-7-17(15-20(21)23)22(26)24-18-5-3-4-6-18/h7-8,15-16,18-19H,3-6,9-14H2,1-2H3,(H,24,26). The largest absolute Gasteiger partial charge is 0.489 e. The minimum atomic E-state index is -0.0344. The number of benzene rings is 1. The Bertz CT molecular complexity index is 643. The molecule has 1 aromatic rings. The van der Waals surface area contributed by atoms with Crippen molar-refractivity contribution in [2.45, 2.75) is 70.1 Å². The maximum atomic E-state index is 12.4. The van der Waals surface area contributed by atoms with Crippen LogP contribution in [0.1, 0.15) is 62.2 Å². The summed E-state index contributed by atoms with van der Waals surface area (Å²) in [5.74, 6) is 1.87. The lowest BCUT2D eigenvalue weighted by Gasteiger charge is -2.36. The molecule has 0 bridgehead atoms. The van der Waals surface area contributed by atoms with Gasteiger partial charge in [-0.25, -0.2) is 0 Å². The molecule has 3 rings (SSSR count). The first-order chi connectivity index (χ1) is 13.6. The molecule has 1 aliphatic heterocycles. The van der Waals surface area contributed by atoms with Gasteiger partial charge in [0.1, 0.15) is 11.9 Å². The third-order valence-electron chi connectivity index (χ3n) is 6.02. The third kappa shape index (κ3) is 6.04. The predicted octanol–water partition coefficient (Wildman–Crippen LogP) is 5.00. The second-order valence-corrected chi connectivity index (χ2v) is 9.48. The summed E-state index contributed by atoms with van der Waals surface area (Å²) in [7, 11) is 0. The molecule has 1 saturated heterocycles. The molecule has 6 heteroatoms. The Morgan fingerprint density at radius 3 is 2.64 bits per heavy atom. The van der Waals surface area contributed by atoms with Gasteiger partial charge in [-0.1, -0.05) is 24.4 Å². The van der Waals surface area contributed by atoms with Crippen molar-refractivity contribution in [3.05, 3.63) is 28.8 Å². The number of carbonyl (C=O) groups excluding carboxylic acids is 1. The van der Waals surface area contributed by atoms with Crippen LogP contribution >= 0.6 is 23.4 Å². The van der Waals surface area contributed by atoms with Gasteiger partial charge in [0.25, 0.3) is 5.91 Å². The first-order valence-corrected chi connectivity index (χ1v) is 12.3. The normalized spacial score (nSPS) is 20.2. The van der Waals surface area contributed by atoms with E-state index in [9.17, 15) is 4.79 Å². The van der Waals surface area contributed by atoms with Crippen LogP contribution in [0, 0.1) is 0 Å². The van der Waals surface area contributed by atoms with Crippen LogP contribution < -0.4 is 10.1 Å². The molecule has 1 aliphatic carbocycles. The summed E-state index contributed by atoms with van der Waals surface area (Å²) in [6.07, 6.45) is 10.2. The van der Waals surface area contributed by atoms with Crippen molar-refractivity contribution < 1.29 is 9.53 Å². The first-order valence-electron chi connectivity index (χ1n) is 10.6. The molecule has 1 saturated carbocycles. The van der Waals surface area contributed by atoms with Gasteiger partial charge in [0.2, 0.25) is 0 Å². The van der Waals surface area contributed by atoms with E-state index in [-0.39, 0.29) is 12.0 Å². The van der Waals surface area contributed by atoms with E-state index in [1.165, 1.54) is 25.0 Å². The van der Waals surface area contributed by atoms with E-state index in [0.29, 0.717) is 28.4 Å². The maximum absolute atomic E-state index is 12.4. The lowest BCUT2D eigenvalue weighted by atomic mass is 10.0. The smallest absolute Gasteiger partial charge is 0.251 e. The van der Waals surface area contributed by atoms with Crippen molar-refractivity contribution in [3.63, 3.8) is 0 Å². The quantitative estimate of drug-likeness (QED) is 0.637. The fraction of sp³-hybridized carbons (Fsp3) is 0.682. The van der Waals surface area contributed by atoms with Gasteiger partial charge in [0, 0.05) is 30.7 Å². The highest BCUT2D eigenvalue weighted by Crippen LogP contribution is 2.29. The number of hydrogen-bond donors (Lipinski definition) is 1. The van der Waals surface area contributed by atoms with Gasteiger partial charge in [-0.3, -0.25) is 4.79 Å². The molecule has 0 aromatic heterocycles. The summed E-state index contributed by atoms with van der Waals surface area (Å²) >= 11 is 8.34. The number of amides is 1. The number of carbonyl (C=O) groups is 1. The number of nitrogens with zero attached hydrogens (tertiary/aromatic N) is 1. The molecule has 0 radical (unpaired) electrons. The highest BCUT2D eigenvalue weighted by Gasteiger charge is 2.24. The fourth-order valence-corrected chi connectivity index (χ4v) is 4.96. The molecular weight excluding hydrogens is 392 g/mol. The zero-order valence-electron chi connectivity index (χ0n) is 17.1. The topological polar surface area (TPSA) is 41.6 Å². The van der Waals surface area contributed by atoms with Gasteiger partial charge in [0.15, 0.2) is 0 Å². The summed E-state index contributed by atoms with van der Waals surface area (Å²) in [5, 5.41) is 3.63. The second kappa shape index (κ2) is 10.7. The molecule has 2 fully saturated rings. The number of likely N-dealkylation sites (tertiary alicyclic amines) is 1. The van der Waals surface area contributed by atoms with Crippen LogP contribution in [-0.4, -0.2) is 54.1 Å². The van der Waals surface area contributed by atoms with Crippen LogP contribution in [-0.2, 0) is 0 Å². The monoisotopic (exact) mass is 424 g/mol. The maximum Gasteiger partial charge on any atom is 0.251 e. The molecule has 1 heterocycles. The molecule has 156 valence electrons. The summed E-state index contributed by atoms with van der Waals surface area (Å²) in [4.78, 5) is 15.0. The van der Waals surface area contributed by atoms with Gasteiger partial charge in [-0.05, 0) is 69.2 Å². The number of piperidine rings is 1. The predicted molar refractivity (Wildman–Crippen MR) is 119 cm³/mol. The average molecular weight is 425 g/mol. The van der Waals surface area contributed by atoms with Crippen molar-refractivity contribution in [1.82, 2.24) is 10.2 Å². The van der Waals surface area contributed by atoms with Crippen molar-refractivity contribution >= 4 is 29.3 Å². The molecular formula is C22H33ClN2O2S. The van der Waals surface area contributed by atoms with Crippen LogP contribution in [0.15, 0.2) is 18.2 Å². The van der Waals surface area contributed by atoms with E-state index in [0.717, 1.165) is 38.8 Å². The highest BCUT2D eigenvalue weighted by atomic mass is 35.5. The van der Waals surface area contributed by atoms with Gasteiger partial charge in [0.05, 0.1) is 5.02 Å². The van der Waals surface area contributed by atoms with Crippen molar-refractivity contribution in [2.75, 3.05) is 25.1 Å². The van der Waals surface area contributed by atoms with Crippen LogP contribution in [0.2, 0.25) is 5.02 Å². The molecule has 2 aliphatic rings. The fourth-order valence-electron chi connectivity index (χ4n) is 4.16. The zero-order chi connectivity index (χ0) is 19.9. The Hall–Kier alpha value is -0.910. The summed E-state index contributed by atoms with van der Waals surface area (Å²) < 4.78 is 6.17. The van der Waals surface area contributed by atoms with Crippen LogP contribution in [0.5, 0.6) is 5.75 Å². The van der Waals surface area contributed by atoms with Crippen molar-refractivity contribution in [1.29, 1.82) is 0 Å². The Morgan fingerprint density at radius 1 is 1.29 bits per heavy atom. The van der Waals surface area contributed by atoms with Gasteiger partial charge < -0.3 is 15.0 Å². The molecule has 1 N–H and O–H groups in total. The molecule has 1 atom stereocenters. The van der Waals surface area contributed by atoms with Crippen LogP contribution in [0.3, 0.4) is 0 Å². The number of hydrogen-bond acceptors (Lipinski definition) is 4. The lowest BCUT2D eigenvalue weighted by molar-refractivity contribution is 0.0791. The molecule has 1 amide bonds. The minimum Gasteiger partial charge on any atom is -0.489 e. The molecule has 1 aromatic carbocycles. The Balaban J connectivity index is 1.49. The Morgan fingerprint density at radius 2 is 2.00 bits per heavy atom. The van der Waals surface area contributed by atoms with E-state index in [1.807, 2.05) is 23.9 Å². The number of halogens is 1. The molecule has 4 nitrogen and oxygen atoms in total. The Kier molecular flexibility index (Phi) is 8.36. The Labute approximate surface area is 178 Å². The van der Waals surface area contributed by atoms with Crippen molar-refractivity contribution in [2.24, 2.45) is 0 Å². The summed E-state index contributed by atoms with van der Waals surface area (Å²) in [6.45, 7) is 4.46. The molecule has 0 spiro atoms. The SMILES string of the molecule is CSCCC(C)N1CCC(Oc2ccc(C(=O)NC3CCCC3)cc2Cl)CC1. The minimum absolute atomic E-state index is 0.0344. The van der Waals surface area contributed by atoms with E-state index < -0.39 is 0 Å². The van der Waals surface area contributed by atoms with Gasteiger partial charge >= 0.3 is 0 Å². The third-order valence-corrected chi connectivity index (χ3v) is 6.96. The average Bonchev–Trinajstić information content (AvgIpc) is 3.21.